The maximum atomic E-state index is 12.2. The maximum Gasteiger partial charge on any atom is 0.309 e. The second kappa shape index (κ2) is 9.39. The summed E-state index contributed by atoms with van der Waals surface area (Å²) in [4.78, 5) is 28.8. The van der Waals surface area contributed by atoms with E-state index < -0.39 is 11.8 Å². The number of rotatable bonds is 6. The quantitative estimate of drug-likeness (QED) is 0.710. The van der Waals surface area contributed by atoms with E-state index in [2.05, 4.69) is 45.7 Å². The fourth-order valence-electron chi connectivity index (χ4n) is 3.79. The van der Waals surface area contributed by atoms with Crippen molar-refractivity contribution < 1.29 is 14.3 Å². The Morgan fingerprint density at radius 2 is 1.75 bits per heavy atom. The molecule has 2 aliphatic heterocycles. The van der Waals surface area contributed by atoms with Crippen LogP contribution in [0.3, 0.4) is 0 Å². The van der Waals surface area contributed by atoms with E-state index in [-0.39, 0.29) is 6.04 Å². The highest BCUT2D eigenvalue weighted by atomic mass is 16.5. The number of nitrogens with zero attached hydrogens (tertiary/aromatic N) is 2. The molecule has 2 aliphatic rings. The molecule has 1 aromatic carbocycles. The van der Waals surface area contributed by atoms with Crippen molar-refractivity contribution in [3.05, 3.63) is 29.3 Å². The molecule has 0 unspecified atom stereocenters. The van der Waals surface area contributed by atoms with Gasteiger partial charge in [-0.15, -0.1) is 0 Å². The van der Waals surface area contributed by atoms with Gasteiger partial charge in [-0.25, -0.2) is 0 Å². The Morgan fingerprint density at radius 3 is 2.43 bits per heavy atom. The standard InChI is InChI=1S/C21H32N4O3/c1-15(2)13-22-20(26)21(27)23-14-19(25-8-10-28-11-9-25)16-4-5-18-17(12-16)6-7-24(18)3/h4-5,12,15,19H,6-11,13-14H2,1-3H3,(H,22,26)(H,23,27)/t19-/m1/s1. The van der Waals surface area contributed by atoms with Gasteiger partial charge >= 0.3 is 11.8 Å². The predicted octanol–water partition coefficient (Wildman–Crippen LogP) is 0.941. The molecule has 3 rings (SSSR count). The van der Waals surface area contributed by atoms with Crippen molar-refractivity contribution in [1.29, 1.82) is 0 Å². The summed E-state index contributed by atoms with van der Waals surface area (Å²) in [5.41, 5.74) is 3.81. The molecule has 1 aromatic rings. The molecule has 0 saturated carbocycles. The number of nitrogens with one attached hydrogen (secondary N) is 2. The zero-order valence-corrected chi connectivity index (χ0v) is 17.2. The molecule has 7 nitrogen and oxygen atoms in total. The fraction of sp³-hybridized carbons (Fsp3) is 0.619. The number of benzene rings is 1. The monoisotopic (exact) mass is 388 g/mol. The summed E-state index contributed by atoms with van der Waals surface area (Å²) in [5, 5.41) is 5.51. The highest BCUT2D eigenvalue weighted by Gasteiger charge is 2.26. The lowest BCUT2D eigenvalue weighted by Crippen LogP contribution is -2.47. The summed E-state index contributed by atoms with van der Waals surface area (Å²) >= 11 is 0. The summed E-state index contributed by atoms with van der Waals surface area (Å²) in [6.07, 6.45) is 1.04. The minimum Gasteiger partial charge on any atom is -0.379 e. The van der Waals surface area contributed by atoms with Crippen molar-refractivity contribution in [2.24, 2.45) is 5.92 Å². The summed E-state index contributed by atoms with van der Waals surface area (Å²) in [6, 6.07) is 6.60. The Balaban J connectivity index is 1.69. The summed E-state index contributed by atoms with van der Waals surface area (Å²) in [5.74, 6) is -0.827. The Kier molecular flexibility index (Phi) is 6.91. The largest absolute Gasteiger partial charge is 0.379 e. The first-order valence-corrected chi connectivity index (χ1v) is 10.2. The van der Waals surface area contributed by atoms with Crippen LogP contribution in [0.5, 0.6) is 0 Å². The van der Waals surface area contributed by atoms with Crippen molar-refractivity contribution in [2.75, 3.05) is 57.9 Å². The second-order valence-corrected chi connectivity index (χ2v) is 8.04. The van der Waals surface area contributed by atoms with Crippen LogP contribution in [0.25, 0.3) is 0 Å². The SMILES string of the molecule is CC(C)CNC(=O)C(=O)NC[C@H](c1ccc2c(c1)CCN2C)N1CCOCC1. The molecule has 1 atom stereocenters. The summed E-state index contributed by atoms with van der Waals surface area (Å²) in [7, 11) is 2.11. The average Bonchev–Trinajstić information content (AvgIpc) is 3.07. The van der Waals surface area contributed by atoms with Gasteiger partial charge < -0.3 is 20.3 Å². The number of likely N-dealkylation sites (N-methyl/N-ethyl adjacent to an activating group) is 1. The van der Waals surface area contributed by atoms with Crippen LogP contribution in [0.15, 0.2) is 18.2 Å². The summed E-state index contributed by atoms with van der Waals surface area (Å²) < 4.78 is 5.49. The van der Waals surface area contributed by atoms with Crippen LogP contribution in [-0.4, -0.2) is 69.7 Å². The zero-order chi connectivity index (χ0) is 20.1. The van der Waals surface area contributed by atoms with E-state index >= 15 is 0 Å². The molecule has 7 heteroatoms. The van der Waals surface area contributed by atoms with Gasteiger partial charge in [-0.3, -0.25) is 14.5 Å². The van der Waals surface area contributed by atoms with Gasteiger partial charge in [0.2, 0.25) is 0 Å². The summed E-state index contributed by atoms with van der Waals surface area (Å²) in [6.45, 7) is 8.94. The van der Waals surface area contributed by atoms with E-state index in [1.807, 2.05) is 13.8 Å². The Labute approximate surface area is 167 Å². The van der Waals surface area contributed by atoms with Crippen LogP contribution < -0.4 is 15.5 Å². The lowest BCUT2D eigenvalue weighted by atomic mass is 10.0. The van der Waals surface area contributed by atoms with E-state index in [4.69, 9.17) is 4.74 Å². The first-order valence-electron chi connectivity index (χ1n) is 10.2. The first-order chi connectivity index (χ1) is 13.5. The van der Waals surface area contributed by atoms with Gasteiger partial charge in [0.05, 0.1) is 19.3 Å². The van der Waals surface area contributed by atoms with Crippen molar-refractivity contribution >= 4 is 17.5 Å². The molecule has 28 heavy (non-hydrogen) atoms. The number of hydrogen-bond acceptors (Lipinski definition) is 5. The molecule has 1 saturated heterocycles. The Hall–Kier alpha value is -2.12. The lowest BCUT2D eigenvalue weighted by Gasteiger charge is -2.35. The molecule has 0 aromatic heterocycles. The van der Waals surface area contributed by atoms with E-state index in [0.29, 0.717) is 32.2 Å². The zero-order valence-electron chi connectivity index (χ0n) is 17.2. The van der Waals surface area contributed by atoms with Gasteiger partial charge in [-0.05, 0) is 29.5 Å². The molecule has 0 spiro atoms. The Morgan fingerprint density at radius 1 is 1.07 bits per heavy atom. The van der Waals surface area contributed by atoms with Crippen molar-refractivity contribution in [2.45, 2.75) is 26.3 Å². The maximum absolute atomic E-state index is 12.2. The van der Waals surface area contributed by atoms with E-state index in [1.54, 1.807) is 0 Å². The molecular formula is C21H32N4O3. The van der Waals surface area contributed by atoms with Crippen LogP contribution in [0.1, 0.15) is 31.0 Å². The number of amides is 2. The number of carbonyl (C=O) groups excluding carboxylic acids is 2. The van der Waals surface area contributed by atoms with Gasteiger partial charge in [0.15, 0.2) is 0 Å². The van der Waals surface area contributed by atoms with Gasteiger partial charge in [0.1, 0.15) is 0 Å². The van der Waals surface area contributed by atoms with Crippen LogP contribution in [0, 0.1) is 5.92 Å². The second-order valence-electron chi connectivity index (χ2n) is 8.04. The van der Waals surface area contributed by atoms with Crippen LogP contribution in [0.2, 0.25) is 0 Å². The Bertz CT molecular complexity index is 701. The molecular weight excluding hydrogens is 356 g/mol. The van der Waals surface area contributed by atoms with Gasteiger partial charge in [0.25, 0.3) is 0 Å². The third kappa shape index (κ3) is 5.02. The smallest absolute Gasteiger partial charge is 0.309 e. The minimum atomic E-state index is -0.570. The molecule has 0 bridgehead atoms. The number of ether oxygens (including phenoxy) is 1. The molecule has 154 valence electrons. The fourth-order valence-corrected chi connectivity index (χ4v) is 3.79. The predicted molar refractivity (Wildman–Crippen MR) is 109 cm³/mol. The highest BCUT2D eigenvalue weighted by molar-refractivity contribution is 6.35. The average molecular weight is 389 g/mol. The number of morpholine rings is 1. The van der Waals surface area contributed by atoms with Gasteiger partial charge in [-0.1, -0.05) is 26.0 Å². The molecule has 0 radical (unpaired) electrons. The van der Waals surface area contributed by atoms with E-state index in [0.717, 1.165) is 26.1 Å². The number of fused-ring (bicyclic) bond motifs is 1. The molecule has 1 fully saturated rings. The number of anilines is 1. The molecule has 0 aliphatic carbocycles. The molecule has 2 heterocycles. The van der Waals surface area contributed by atoms with Crippen molar-refractivity contribution in [1.82, 2.24) is 15.5 Å². The number of hydrogen-bond donors (Lipinski definition) is 2. The van der Waals surface area contributed by atoms with Crippen molar-refractivity contribution in [3.63, 3.8) is 0 Å². The van der Waals surface area contributed by atoms with Crippen LogP contribution >= 0.6 is 0 Å². The van der Waals surface area contributed by atoms with Gasteiger partial charge in [-0.2, -0.15) is 0 Å². The minimum absolute atomic E-state index is 0.0296. The normalized spacial score (nSPS) is 18.1. The van der Waals surface area contributed by atoms with Crippen LogP contribution in [-0.2, 0) is 20.7 Å². The van der Waals surface area contributed by atoms with E-state index in [9.17, 15) is 9.59 Å². The van der Waals surface area contributed by atoms with Gasteiger partial charge in [0, 0.05) is 45.5 Å². The van der Waals surface area contributed by atoms with Crippen molar-refractivity contribution in [3.8, 4) is 0 Å². The van der Waals surface area contributed by atoms with E-state index in [1.165, 1.54) is 16.8 Å². The topological polar surface area (TPSA) is 73.9 Å². The third-order valence-corrected chi connectivity index (χ3v) is 5.44. The molecule has 2 N–H and O–H groups in total. The first kappa shape index (κ1) is 20.6. The highest BCUT2D eigenvalue weighted by Crippen LogP contribution is 2.31. The molecule has 2 amide bonds. The third-order valence-electron chi connectivity index (χ3n) is 5.44. The lowest BCUT2D eigenvalue weighted by molar-refractivity contribution is -0.139. The number of carbonyl (C=O) groups is 2. The van der Waals surface area contributed by atoms with Crippen LogP contribution in [0.4, 0.5) is 5.69 Å².